The van der Waals surface area contributed by atoms with E-state index in [0.29, 0.717) is 18.9 Å². The third-order valence-electron chi connectivity index (χ3n) is 4.02. The highest BCUT2D eigenvalue weighted by Gasteiger charge is 2.21. The Hall–Kier alpha value is 0.0600. The van der Waals surface area contributed by atoms with E-state index in [4.69, 9.17) is 0 Å². The van der Waals surface area contributed by atoms with E-state index >= 15 is 0 Å². The Bertz CT molecular complexity index is 293. The maximum atomic E-state index is 12.2. The van der Waals surface area contributed by atoms with Crippen molar-refractivity contribution in [2.75, 3.05) is 45.2 Å². The third kappa shape index (κ3) is 5.45. The molecule has 2 fully saturated rings. The fourth-order valence-corrected chi connectivity index (χ4v) is 5.74. The Labute approximate surface area is 129 Å². The molecule has 0 aromatic rings. The lowest BCUT2D eigenvalue weighted by molar-refractivity contribution is -0.133. The fraction of sp³-hybridized carbons (Fsp3) is 0.929. The summed E-state index contributed by atoms with van der Waals surface area (Å²) in [6.07, 6.45) is 5.47. The molecule has 2 saturated heterocycles. The van der Waals surface area contributed by atoms with Gasteiger partial charge in [0.15, 0.2) is 0 Å². The monoisotopic (exact) mass is 320 g/mol. The van der Waals surface area contributed by atoms with Gasteiger partial charge in [0, 0.05) is 50.1 Å². The molecule has 0 saturated carbocycles. The summed E-state index contributed by atoms with van der Waals surface area (Å²) >= 11 is 0. The predicted molar refractivity (Wildman–Crippen MR) is 85.9 cm³/mol. The molecule has 2 aliphatic rings. The van der Waals surface area contributed by atoms with Gasteiger partial charge in [0.2, 0.25) is 5.91 Å². The molecule has 0 radical (unpaired) electrons. The average molecular weight is 320 g/mol. The lowest BCUT2D eigenvalue weighted by atomic mass is 10.1. The molecule has 0 aliphatic carbocycles. The van der Waals surface area contributed by atoms with Crippen molar-refractivity contribution in [3.8, 4) is 0 Å². The predicted octanol–water partition coefficient (Wildman–Crippen LogP) is 2.81. The van der Waals surface area contributed by atoms with Crippen molar-refractivity contribution < 1.29 is 9.18 Å². The zero-order valence-electron chi connectivity index (χ0n) is 12.1. The molecule has 20 heavy (non-hydrogen) atoms. The minimum absolute atomic E-state index is 0.286. The summed E-state index contributed by atoms with van der Waals surface area (Å²) in [4.78, 5) is 16.1. The van der Waals surface area contributed by atoms with Crippen LogP contribution >= 0.6 is 21.6 Å². The molecule has 1 amide bonds. The van der Waals surface area contributed by atoms with E-state index in [-0.39, 0.29) is 6.67 Å². The number of hydrogen-bond acceptors (Lipinski definition) is 4. The first-order chi connectivity index (χ1) is 9.79. The van der Waals surface area contributed by atoms with Gasteiger partial charge in [0.1, 0.15) is 6.67 Å². The zero-order chi connectivity index (χ0) is 14.2. The molecular formula is C14H25FN2OS2. The van der Waals surface area contributed by atoms with Crippen molar-refractivity contribution in [3.63, 3.8) is 0 Å². The first kappa shape index (κ1) is 16.4. The topological polar surface area (TPSA) is 23.6 Å². The van der Waals surface area contributed by atoms with Crippen LogP contribution < -0.4 is 0 Å². The quantitative estimate of drug-likeness (QED) is 0.532. The van der Waals surface area contributed by atoms with Crippen LogP contribution in [0.5, 0.6) is 0 Å². The van der Waals surface area contributed by atoms with Crippen LogP contribution in [-0.2, 0) is 4.79 Å². The molecule has 0 aromatic carbocycles. The van der Waals surface area contributed by atoms with E-state index in [1.54, 1.807) is 0 Å². The van der Waals surface area contributed by atoms with E-state index in [1.807, 2.05) is 26.5 Å². The summed E-state index contributed by atoms with van der Waals surface area (Å²) in [5, 5.41) is 0.819. The highest BCUT2D eigenvalue weighted by molar-refractivity contribution is 8.77. The Morgan fingerprint density at radius 3 is 2.65 bits per heavy atom. The van der Waals surface area contributed by atoms with Gasteiger partial charge in [0.25, 0.3) is 0 Å². The molecule has 0 aromatic heterocycles. The van der Waals surface area contributed by atoms with Crippen LogP contribution in [0.4, 0.5) is 4.39 Å². The average Bonchev–Trinajstić information content (AvgIpc) is 2.98. The molecular weight excluding hydrogens is 295 g/mol. The Morgan fingerprint density at radius 1 is 1.20 bits per heavy atom. The summed E-state index contributed by atoms with van der Waals surface area (Å²) in [7, 11) is 4.00. The van der Waals surface area contributed by atoms with Crippen LogP contribution in [0, 0.1) is 0 Å². The number of carbonyl (C=O) groups is 1. The van der Waals surface area contributed by atoms with Crippen molar-refractivity contribution in [1.82, 2.24) is 9.80 Å². The largest absolute Gasteiger partial charge is 0.340 e. The summed E-state index contributed by atoms with van der Waals surface area (Å²) < 4.78 is 12.2. The molecule has 2 heterocycles. The van der Waals surface area contributed by atoms with Gasteiger partial charge in [-0.05, 0) is 19.3 Å². The second kappa shape index (κ2) is 9.15. The van der Waals surface area contributed by atoms with Crippen LogP contribution in [0.2, 0.25) is 0 Å². The van der Waals surface area contributed by atoms with Crippen molar-refractivity contribution >= 4 is 27.5 Å². The molecule has 0 unspecified atom stereocenters. The number of rotatable bonds is 7. The van der Waals surface area contributed by atoms with Crippen molar-refractivity contribution in [2.45, 2.75) is 37.4 Å². The molecule has 0 spiro atoms. The van der Waals surface area contributed by atoms with Crippen LogP contribution in [-0.4, -0.2) is 66.1 Å². The summed E-state index contributed by atoms with van der Waals surface area (Å²) in [6, 6.07) is 0. The second-order valence-corrected chi connectivity index (χ2v) is 8.27. The number of carbonyl (C=O) groups excluding carboxylic acids is 1. The van der Waals surface area contributed by atoms with Gasteiger partial charge in [-0.2, -0.15) is 0 Å². The number of halogens is 1. The van der Waals surface area contributed by atoms with Crippen molar-refractivity contribution in [1.29, 1.82) is 0 Å². The number of amides is 1. The SMILES string of the molecule is O=C(CCCC[C@@H]1CCSS1)N1CCN(CCF)CC1. The first-order valence-corrected chi connectivity index (χ1v) is 10.0. The van der Waals surface area contributed by atoms with Gasteiger partial charge in [-0.15, -0.1) is 0 Å². The van der Waals surface area contributed by atoms with Gasteiger partial charge in [-0.25, -0.2) is 4.39 Å². The van der Waals surface area contributed by atoms with E-state index in [0.717, 1.165) is 37.8 Å². The lowest BCUT2D eigenvalue weighted by Gasteiger charge is -2.34. The van der Waals surface area contributed by atoms with E-state index in [9.17, 15) is 9.18 Å². The Kier molecular flexibility index (Phi) is 7.52. The van der Waals surface area contributed by atoms with Crippen LogP contribution in [0.25, 0.3) is 0 Å². The molecule has 3 nitrogen and oxygen atoms in total. The smallest absolute Gasteiger partial charge is 0.222 e. The molecule has 0 N–H and O–H groups in total. The van der Waals surface area contributed by atoms with E-state index in [1.165, 1.54) is 25.0 Å². The highest BCUT2D eigenvalue weighted by Crippen LogP contribution is 2.39. The Morgan fingerprint density at radius 2 is 2.00 bits per heavy atom. The number of unbranched alkanes of at least 4 members (excludes halogenated alkanes) is 1. The third-order valence-corrected chi connectivity index (χ3v) is 7.03. The number of alkyl halides is 1. The lowest BCUT2D eigenvalue weighted by Crippen LogP contribution is -2.49. The van der Waals surface area contributed by atoms with Crippen molar-refractivity contribution in [2.24, 2.45) is 0 Å². The standard InChI is InChI=1S/C14H25FN2OS2/c15-6-7-16-8-10-17(11-9-16)14(18)4-2-1-3-13-5-12-19-20-13/h13H,1-12H2/t13-/m1/s1. The minimum Gasteiger partial charge on any atom is -0.340 e. The highest BCUT2D eigenvalue weighted by atomic mass is 33.1. The molecule has 1 atom stereocenters. The number of nitrogens with zero attached hydrogens (tertiary/aromatic N) is 2. The molecule has 0 bridgehead atoms. The second-order valence-electron chi connectivity index (χ2n) is 5.49. The van der Waals surface area contributed by atoms with Gasteiger partial charge in [0.05, 0.1) is 0 Å². The summed E-state index contributed by atoms with van der Waals surface area (Å²) in [6.45, 7) is 3.42. The van der Waals surface area contributed by atoms with E-state index < -0.39 is 0 Å². The van der Waals surface area contributed by atoms with Gasteiger partial charge < -0.3 is 4.90 Å². The van der Waals surface area contributed by atoms with Crippen LogP contribution in [0.3, 0.4) is 0 Å². The summed E-state index contributed by atoms with van der Waals surface area (Å²) in [5.41, 5.74) is 0. The maximum Gasteiger partial charge on any atom is 0.222 e. The number of piperazine rings is 1. The molecule has 6 heteroatoms. The van der Waals surface area contributed by atoms with Gasteiger partial charge in [-0.1, -0.05) is 28.0 Å². The van der Waals surface area contributed by atoms with Gasteiger partial charge in [-0.3, -0.25) is 9.69 Å². The molecule has 2 rings (SSSR count). The zero-order valence-corrected chi connectivity index (χ0v) is 13.7. The van der Waals surface area contributed by atoms with E-state index in [2.05, 4.69) is 4.90 Å². The first-order valence-electron chi connectivity index (χ1n) is 7.64. The van der Waals surface area contributed by atoms with Gasteiger partial charge >= 0.3 is 0 Å². The van der Waals surface area contributed by atoms with Crippen LogP contribution in [0.15, 0.2) is 0 Å². The minimum atomic E-state index is -0.286. The maximum absolute atomic E-state index is 12.2. The fourth-order valence-electron chi connectivity index (χ4n) is 2.71. The van der Waals surface area contributed by atoms with Crippen LogP contribution in [0.1, 0.15) is 32.1 Å². The summed E-state index contributed by atoms with van der Waals surface area (Å²) in [5.74, 6) is 1.58. The molecule has 2 aliphatic heterocycles. The Balaban J connectivity index is 1.53. The normalized spacial score (nSPS) is 24.2. The number of hydrogen-bond donors (Lipinski definition) is 0. The van der Waals surface area contributed by atoms with Crippen molar-refractivity contribution in [3.05, 3.63) is 0 Å². The molecule has 116 valence electrons.